The zero-order chi connectivity index (χ0) is 16.8. The number of hydrogen-bond donors (Lipinski definition) is 1. The summed E-state index contributed by atoms with van der Waals surface area (Å²) in [5, 5.41) is 3.34. The second-order valence-corrected chi connectivity index (χ2v) is 6.84. The number of nitrogens with one attached hydrogen (secondary N) is 1. The van der Waals surface area contributed by atoms with Gasteiger partial charge in [-0.3, -0.25) is 4.79 Å². The maximum atomic E-state index is 13.6. The van der Waals surface area contributed by atoms with Gasteiger partial charge in [-0.15, -0.1) is 0 Å². The van der Waals surface area contributed by atoms with E-state index in [2.05, 4.69) is 5.32 Å². The zero-order valence-corrected chi connectivity index (χ0v) is 14.7. The number of hydrogen-bond acceptors (Lipinski definition) is 2. The number of carbonyl (C=O) groups excluding carboxylic acids is 1. The van der Waals surface area contributed by atoms with Crippen LogP contribution in [0.3, 0.4) is 0 Å². The second kappa shape index (κ2) is 8.37. The van der Waals surface area contributed by atoms with Gasteiger partial charge in [0.05, 0.1) is 0 Å². The first-order valence-electron chi connectivity index (χ1n) is 7.35. The topological polar surface area (TPSA) is 29.1 Å². The summed E-state index contributed by atoms with van der Waals surface area (Å²) in [7, 11) is 0. The van der Waals surface area contributed by atoms with E-state index in [0.29, 0.717) is 34.2 Å². The fourth-order valence-corrected chi connectivity index (χ4v) is 3.35. The Bertz CT molecular complexity index is 685. The average Bonchev–Trinajstić information content (AvgIpc) is 2.51. The van der Waals surface area contributed by atoms with Gasteiger partial charge in [-0.05, 0) is 37.6 Å². The van der Waals surface area contributed by atoms with Crippen LogP contribution in [-0.2, 0) is 5.75 Å². The molecular weight excluding hydrogens is 333 g/mol. The van der Waals surface area contributed by atoms with Crippen molar-refractivity contribution in [1.29, 1.82) is 0 Å². The van der Waals surface area contributed by atoms with Crippen LogP contribution in [0.1, 0.15) is 27.0 Å². The van der Waals surface area contributed by atoms with Gasteiger partial charge in [0.1, 0.15) is 5.82 Å². The standard InChI is InChI=1S/C18H19ClFNOS/c1-12-6-7-13(2)14(10-12)18(22)21-8-9-23-11-15-16(19)4-3-5-17(15)20/h3-7,10H,8-9,11H2,1-2H3,(H,21,22). The Labute approximate surface area is 145 Å². The molecule has 2 aromatic rings. The second-order valence-electron chi connectivity index (χ2n) is 5.33. The highest BCUT2D eigenvalue weighted by Gasteiger charge is 2.09. The van der Waals surface area contributed by atoms with Gasteiger partial charge < -0.3 is 5.32 Å². The van der Waals surface area contributed by atoms with Gasteiger partial charge in [-0.2, -0.15) is 11.8 Å². The van der Waals surface area contributed by atoms with Crippen LogP contribution < -0.4 is 5.32 Å². The minimum Gasteiger partial charge on any atom is -0.351 e. The number of benzene rings is 2. The normalized spacial score (nSPS) is 10.6. The SMILES string of the molecule is Cc1ccc(C)c(C(=O)NCCSCc2c(F)cccc2Cl)c1. The molecule has 2 aromatic carbocycles. The molecule has 0 bridgehead atoms. The van der Waals surface area contributed by atoms with Crippen LogP contribution >= 0.6 is 23.4 Å². The van der Waals surface area contributed by atoms with Crippen LogP contribution in [0.4, 0.5) is 4.39 Å². The molecule has 2 nitrogen and oxygen atoms in total. The molecule has 0 aromatic heterocycles. The molecule has 0 atom stereocenters. The molecule has 1 N–H and O–H groups in total. The van der Waals surface area contributed by atoms with Crippen LogP contribution in [-0.4, -0.2) is 18.2 Å². The summed E-state index contributed by atoms with van der Waals surface area (Å²) in [5.74, 6) is 0.826. The van der Waals surface area contributed by atoms with Crippen LogP contribution in [0, 0.1) is 19.7 Å². The number of thioether (sulfide) groups is 1. The largest absolute Gasteiger partial charge is 0.351 e. The van der Waals surface area contributed by atoms with Crippen LogP contribution in [0.15, 0.2) is 36.4 Å². The van der Waals surface area contributed by atoms with Crippen molar-refractivity contribution in [2.24, 2.45) is 0 Å². The Kier molecular flexibility index (Phi) is 6.48. The van der Waals surface area contributed by atoms with Gasteiger partial charge >= 0.3 is 0 Å². The first-order chi connectivity index (χ1) is 11.0. The molecule has 0 aliphatic heterocycles. The highest BCUT2D eigenvalue weighted by molar-refractivity contribution is 7.98. The molecule has 0 spiro atoms. The van der Waals surface area contributed by atoms with Crippen molar-refractivity contribution in [2.75, 3.05) is 12.3 Å². The van der Waals surface area contributed by atoms with Crippen molar-refractivity contribution < 1.29 is 9.18 Å². The summed E-state index contributed by atoms with van der Waals surface area (Å²) < 4.78 is 13.6. The van der Waals surface area contributed by atoms with E-state index in [0.717, 1.165) is 11.1 Å². The van der Waals surface area contributed by atoms with Crippen molar-refractivity contribution in [3.8, 4) is 0 Å². The maximum Gasteiger partial charge on any atom is 0.251 e. The molecular formula is C18H19ClFNOS. The predicted octanol–water partition coefficient (Wildman–Crippen LogP) is 4.76. The molecule has 122 valence electrons. The smallest absolute Gasteiger partial charge is 0.251 e. The van der Waals surface area contributed by atoms with E-state index in [-0.39, 0.29) is 11.7 Å². The van der Waals surface area contributed by atoms with E-state index >= 15 is 0 Å². The number of carbonyl (C=O) groups is 1. The van der Waals surface area contributed by atoms with Gasteiger partial charge in [0.15, 0.2) is 0 Å². The van der Waals surface area contributed by atoms with Crippen LogP contribution in [0.5, 0.6) is 0 Å². The van der Waals surface area contributed by atoms with E-state index in [1.54, 1.807) is 23.9 Å². The lowest BCUT2D eigenvalue weighted by atomic mass is 10.1. The molecule has 1 amide bonds. The van der Waals surface area contributed by atoms with Gasteiger partial charge in [-0.25, -0.2) is 4.39 Å². The summed E-state index contributed by atoms with van der Waals surface area (Å²) in [6, 6.07) is 10.5. The summed E-state index contributed by atoms with van der Waals surface area (Å²) in [6.07, 6.45) is 0. The van der Waals surface area contributed by atoms with Crippen molar-refractivity contribution >= 4 is 29.3 Å². The average molecular weight is 352 g/mol. The third-order valence-corrected chi connectivity index (χ3v) is 4.82. The third-order valence-electron chi connectivity index (χ3n) is 3.48. The minimum atomic E-state index is -0.288. The zero-order valence-electron chi connectivity index (χ0n) is 13.2. The summed E-state index contributed by atoms with van der Waals surface area (Å²) in [5.41, 5.74) is 3.23. The predicted molar refractivity (Wildman–Crippen MR) is 95.8 cm³/mol. The Hall–Kier alpha value is -1.52. The maximum absolute atomic E-state index is 13.6. The highest BCUT2D eigenvalue weighted by atomic mass is 35.5. The molecule has 0 radical (unpaired) electrons. The van der Waals surface area contributed by atoms with Gasteiger partial charge in [-0.1, -0.05) is 35.4 Å². The molecule has 0 fully saturated rings. The Balaban J connectivity index is 1.79. The Morgan fingerprint density at radius 3 is 2.78 bits per heavy atom. The summed E-state index contributed by atoms with van der Waals surface area (Å²) in [4.78, 5) is 12.2. The third kappa shape index (κ3) is 4.98. The Morgan fingerprint density at radius 1 is 1.26 bits per heavy atom. The Morgan fingerprint density at radius 2 is 2.04 bits per heavy atom. The number of halogens is 2. The number of amides is 1. The van der Waals surface area contributed by atoms with Crippen molar-refractivity contribution in [2.45, 2.75) is 19.6 Å². The van der Waals surface area contributed by atoms with Crippen LogP contribution in [0.2, 0.25) is 5.02 Å². The van der Waals surface area contributed by atoms with Crippen LogP contribution in [0.25, 0.3) is 0 Å². The summed E-state index contributed by atoms with van der Waals surface area (Å²) in [6.45, 7) is 4.41. The quantitative estimate of drug-likeness (QED) is 0.760. The van der Waals surface area contributed by atoms with Crippen molar-refractivity contribution in [1.82, 2.24) is 5.32 Å². The van der Waals surface area contributed by atoms with E-state index in [1.165, 1.54) is 6.07 Å². The number of rotatable bonds is 6. The lowest BCUT2D eigenvalue weighted by Gasteiger charge is -2.09. The molecule has 0 heterocycles. The molecule has 0 saturated heterocycles. The lowest BCUT2D eigenvalue weighted by Crippen LogP contribution is -2.26. The monoisotopic (exact) mass is 351 g/mol. The fourth-order valence-electron chi connectivity index (χ4n) is 2.16. The van der Waals surface area contributed by atoms with Crippen molar-refractivity contribution in [3.05, 3.63) is 69.5 Å². The van der Waals surface area contributed by atoms with Gasteiger partial charge in [0.2, 0.25) is 0 Å². The van der Waals surface area contributed by atoms with Gasteiger partial charge in [0, 0.05) is 34.2 Å². The molecule has 0 saturated carbocycles. The molecule has 0 aliphatic carbocycles. The van der Waals surface area contributed by atoms with E-state index in [1.807, 2.05) is 32.0 Å². The summed E-state index contributed by atoms with van der Waals surface area (Å²) >= 11 is 7.52. The molecule has 0 aliphatic rings. The highest BCUT2D eigenvalue weighted by Crippen LogP contribution is 2.23. The molecule has 23 heavy (non-hydrogen) atoms. The molecule has 5 heteroatoms. The minimum absolute atomic E-state index is 0.0734. The van der Waals surface area contributed by atoms with E-state index in [9.17, 15) is 9.18 Å². The molecule has 2 rings (SSSR count). The fraction of sp³-hybridized carbons (Fsp3) is 0.278. The first-order valence-corrected chi connectivity index (χ1v) is 8.88. The number of aryl methyl sites for hydroxylation is 2. The van der Waals surface area contributed by atoms with E-state index < -0.39 is 0 Å². The molecule has 0 unspecified atom stereocenters. The lowest BCUT2D eigenvalue weighted by molar-refractivity contribution is 0.0955. The van der Waals surface area contributed by atoms with Crippen molar-refractivity contribution in [3.63, 3.8) is 0 Å². The first kappa shape index (κ1) is 17.8. The van der Waals surface area contributed by atoms with Gasteiger partial charge in [0.25, 0.3) is 5.91 Å². The van der Waals surface area contributed by atoms with E-state index in [4.69, 9.17) is 11.6 Å².